The second kappa shape index (κ2) is 13.3. The molecule has 0 saturated carbocycles. The van der Waals surface area contributed by atoms with Crippen LogP contribution in [0.4, 0.5) is 0 Å². The fourth-order valence-electron chi connectivity index (χ4n) is 3.08. The maximum Gasteiger partial charge on any atom is 0.191 e. The van der Waals surface area contributed by atoms with Crippen molar-refractivity contribution >= 4 is 29.9 Å². The molecule has 0 radical (unpaired) electrons. The summed E-state index contributed by atoms with van der Waals surface area (Å²) >= 11 is 0. The molecule has 0 bridgehead atoms. The fraction of sp³-hybridized carbons (Fsp3) is 0.650. The molecular formula is C20H35IN4O3. The van der Waals surface area contributed by atoms with E-state index in [1.807, 2.05) is 44.2 Å². The topological polar surface area (TPSA) is 78.4 Å². The van der Waals surface area contributed by atoms with Crippen LogP contribution in [-0.4, -0.2) is 81.2 Å². The van der Waals surface area contributed by atoms with E-state index < -0.39 is 5.60 Å². The Bertz CT molecular complexity index is 566. The van der Waals surface area contributed by atoms with Crippen LogP contribution in [0.15, 0.2) is 35.3 Å². The molecule has 0 aliphatic carbocycles. The van der Waals surface area contributed by atoms with Gasteiger partial charge in [-0.15, -0.1) is 24.0 Å². The first-order chi connectivity index (χ1) is 13.0. The van der Waals surface area contributed by atoms with E-state index in [4.69, 9.17) is 9.47 Å². The highest BCUT2D eigenvalue weighted by Gasteiger charge is 2.25. The van der Waals surface area contributed by atoms with E-state index in [-0.39, 0.29) is 30.1 Å². The van der Waals surface area contributed by atoms with E-state index in [0.29, 0.717) is 25.6 Å². The van der Waals surface area contributed by atoms with Gasteiger partial charge in [0.15, 0.2) is 5.96 Å². The number of β-amino-alcohol motifs (C(OH)–C–C–N with tert-alkyl or cyclic N) is 1. The van der Waals surface area contributed by atoms with Crippen LogP contribution in [0.5, 0.6) is 0 Å². The van der Waals surface area contributed by atoms with Crippen molar-refractivity contribution in [2.45, 2.75) is 25.6 Å². The van der Waals surface area contributed by atoms with Gasteiger partial charge in [0.05, 0.1) is 31.5 Å². The summed E-state index contributed by atoms with van der Waals surface area (Å²) in [7, 11) is 1.70. The van der Waals surface area contributed by atoms with Gasteiger partial charge in [0.2, 0.25) is 0 Å². The molecule has 2 atom stereocenters. The average Bonchev–Trinajstić information content (AvgIpc) is 2.68. The Morgan fingerprint density at radius 1 is 1.29 bits per heavy atom. The lowest BCUT2D eigenvalue weighted by molar-refractivity contribution is -0.0180. The number of aliphatic hydroxyl groups is 1. The van der Waals surface area contributed by atoms with Crippen molar-refractivity contribution in [3.63, 3.8) is 0 Å². The highest BCUT2D eigenvalue weighted by molar-refractivity contribution is 14.0. The van der Waals surface area contributed by atoms with Crippen LogP contribution in [0.1, 0.15) is 25.5 Å². The second-order valence-corrected chi connectivity index (χ2v) is 7.10. The molecule has 1 aliphatic heterocycles. The standard InChI is InChI=1S/C20H34N4O3.HI/c1-4-21-19(22-14-18(26-3)17-8-6-5-7-9-17)23-15-20(2,25)16-24-10-12-27-13-11-24;/h5-9,18,25H,4,10-16H2,1-3H3,(H2,21,22,23);1H. The largest absolute Gasteiger partial charge is 0.387 e. The third kappa shape index (κ3) is 9.04. The second-order valence-electron chi connectivity index (χ2n) is 7.10. The third-order valence-electron chi connectivity index (χ3n) is 4.50. The minimum atomic E-state index is -0.889. The Balaban J connectivity index is 0.00000392. The van der Waals surface area contributed by atoms with Crippen molar-refractivity contribution in [2.24, 2.45) is 4.99 Å². The molecule has 0 amide bonds. The van der Waals surface area contributed by atoms with E-state index in [2.05, 4.69) is 20.5 Å². The predicted molar refractivity (Wildman–Crippen MR) is 123 cm³/mol. The summed E-state index contributed by atoms with van der Waals surface area (Å²) < 4.78 is 11.0. The van der Waals surface area contributed by atoms with Gasteiger partial charge in [-0.2, -0.15) is 0 Å². The van der Waals surface area contributed by atoms with Crippen LogP contribution in [0.2, 0.25) is 0 Å². The Kier molecular flexibility index (Phi) is 11.9. The minimum absolute atomic E-state index is 0. The molecule has 1 aromatic rings. The molecular weight excluding hydrogens is 471 g/mol. The van der Waals surface area contributed by atoms with Gasteiger partial charge in [-0.05, 0) is 19.4 Å². The Morgan fingerprint density at radius 2 is 1.96 bits per heavy atom. The van der Waals surface area contributed by atoms with Gasteiger partial charge in [-0.25, -0.2) is 0 Å². The number of aliphatic imine (C=N–C) groups is 1. The number of halogens is 1. The van der Waals surface area contributed by atoms with E-state index in [1.54, 1.807) is 7.11 Å². The Hall–Kier alpha value is -0.940. The van der Waals surface area contributed by atoms with Gasteiger partial charge in [-0.3, -0.25) is 9.89 Å². The predicted octanol–water partition coefficient (Wildman–Crippen LogP) is 1.63. The molecule has 2 rings (SSSR count). The summed E-state index contributed by atoms with van der Waals surface area (Å²) in [5.41, 5.74) is 0.224. The van der Waals surface area contributed by atoms with E-state index in [1.165, 1.54) is 0 Å². The van der Waals surface area contributed by atoms with Crippen LogP contribution in [0, 0.1) is 0 Å². The molecule has 2 unspecified atom stereocenters. The van der Waals surface area contributed by atoms with Crippen LogP contribution >= 0.6 is 24.0 Å². The highest BCUT2D eigenvalue weighted by atomic mass is 127. The van der Waals surface area contributed by atoms with Crippen LogP contribution in [-0.2, 0) is 9.47 Å². The normalized spacial score (nSPS) is 18.6. The van der Waals surface area contributed by atoms with Crippen LogP contribution in [0.25, 0.3) is 0 Å². The Labute approximate surface area is 185 Å². The smallest absolute Gasteiger partial charge is 0.191 e. The number of nitrogens with zero attached hydrogens (tertiary/aromatic N) is 2. The molecule has 1 fully saturated rings. The average molecular weight is 506 g/mol. The first-order valence-corrected chi connectivity index (χ1v) is 9.66. The summed E-state index contributed by atoms with van der Waals surface area (Å²) in [6, 6.07) is 10.1. The Morgan fingerprint density at radius 3 is 2.57 bits per heavy atom. The van der Waals surface area contributed by atoms with Gasteiger partial charge < -0.3 is 25.2 Å². The van der Waals surface area contributed by atoms with Crippen molar-refractivity contribution < 1.29 is 14.6 Å². The molecule has 160 valence electrons. The molecule has 1 aromatic carbocycles. The summed E-state index contributed by atoms with van der Waals surface area (Å²) in [6.07, 6.45) is -0.0658. The quantitative estimate of drug-likeness (QED) is 0.269. The van der Waals surface area contributed by atoms with E-state index in [0.717, 1.165) is 38.4 Å². The zero-order chi connectivity index (χ0) is 19.5. The van der Waals surface area contributed by atoms with Gasteiger partial charge >= 0.3 is 0 Å². The molecule has 3 N–H and O–H groups in total. The number of rotatable bonds is 9. The fourth-order valence-corrected chi connectivity index (χ4v) is 3.08. The molecule has 28 heavy (non-hydrogen) atoms. The SMILES string of the molecule is CCNC(=NCC(C)(O)CN1CCOCC1)NCC(OC)c1ccccc1.I. The summed E-state index contributed by atoms with van der Waals surface area (Å²) in [5, 5.41) is 17.3. The molecule has 1 heterocycles. The number of methoxy groups -OCH3 is 1. The molecule has 0 aromatic heterocycles. The molecule has 1 saturated heterocycles. The number of morpholine rings is 1. The highest BCUT2D eigenvalue weighted by Crippen LogP contribution is 2.15. The maximum atomic E-state index is 10.7. The van der Waals surface area contributed by atoms with Crippen molar-refractivity contribution in [1.82, 2.24) is 15.5 Å². The monoisotopic (exact) mass is 506 g/mol. The number of ether oxygens (including phenoxy) is 2. The lowest BCUT2D eigenvalue weighted by Gasteiger charge is -2.33. The van der Waals surface area contributed by atoms with Crippen LogP contribution in [0.3, 0.4) is 0 Å². The third-order valence-corrected chi connectivity index (χ3v) is 4.50. The van der Waals surface area contributed by atoms with Gasteiger partial charge in [0.25, 0.3) is 0 Å². The summed E-state index contributed by atoms with van der Waals surface area (Å²) in [5.74, 6) is 0.678. The maximum absolute atomic E-state index is 10.7. The number of benzene rings is 1. The molecule has 0 spiro atoms. The van der Waals surface area contributed by atoms with Gasteiger partial charge in [0, 0.05) is 39.8 Å². The molecule has 7 nitrogen and oxygen atoms in total. The van der Waals surface area contributed by atoms with Crippen molar-refractivity contribution in [3.8, 4) is 0 Å². The zero-order valence-corrected chi connectivity index (χ0v) is 19.5. The van der Waals surface area contributed by atoms with Crippen molar-refractivity contribution in [3.05, 3.63) is 35.9 Å². The lowest BCUT2D eigenvalue weighted by Crippen LogP contribution is -2.48. The van der Waals surface area contributed by atoms with Crippen LogP contribution < -0.4 is 10.6 Å². The summed E-state index contributed by atoms with van der Waals surface area (Å²) in [4.78, 5) is 6.80. The molecule has 1 aliphatic rings. The van der Waals surface area contributed by atoms with Crippen molar-refractivity contribution in [1.29, 1.82) is 0 Å². The van der Waals surface area contributed by atoms with E-state index in [9.17, 15) is 5.11 Å². The zero-order valence-electron chi connectivity index (χ0n) is 17.2. The van der Waals surface area contributed by atoms with Crippen molar-refractivity contribution in [2.75, 3.05) is 59.6 Å². The first-order valence-electron chi connectivity index (χ1n) is 9.66. The number of hydrogen-bond donors (Lipinski definition) is 3. The van der Waals surface area contributed by atoms with E-state index >= 15 is 0 Å². The van der Waals surface area contributed by atoms with Gasteiger partial charge in [-0.1, -0.05) is 30.3 Å². The first kappa shape index (κ1) is 25.1. The number of nitrogens with one attached hydrogen (secondary N) is 2. The molecule has 8 heteroatoms. The number of guanidine groups is 1. The summed E-state index contributed by atoms with van der Waals surface area (Å²) in [6.45, 7) is 9.26. The number of hydrogen-bond acceptors (Lipinski definition) is 5. The lowest BCUT2D eigenvalue weighted by atomic mass is 10.1. The van der Waals surface area contributed by atoms with Gasteiger partial charge in [0.1, 0.15) is 0 Å². The minimum Gasteiger partial charge on any atom is -0.387 e.